The number of hydrogen-bond donors (Lipinski definition) is 2. The van der Waals surface area contributed by atoms with Crippen LogP contribution in [0.4, 0.5) is 11.4 Å². The molecule has 0 aromatic heterocycles. The molecule has 2 aromatic carbocycles. The van der Waals surface area contributed by atoms with Crippen LogP contribution in [0.3, 0.4) is 0 Å². The summed E-state index contributed by atoms with van der Waals surface area (Å²) in [7, 11) is -3.36. The molecule has 0 saturated carbocycles. The largest absolute Gasteiger partial charge is 0.388 e. The molecule has 0 radical (unpaired) electrons. The first-order valence-corrected chi connectivity index (χ1v) is 13.3. The van der Waals surface area contributed by atoms with Gasteiger partial charge in [-0.25, -0.2) is 8.42 Å². The topological polar surface area (TPSA) is 72.9 Å². The molecule has 0 aliphatic carbocycles. The fraction of sp³-hybridized carbons (Fsp3) is 0.455. The Bertz CT molecular complexity index is 914. The molecule has 1 unspecified atom stereocenters. The van der Waals surface area contributed by atoms with Crippen molar-refractivity contribution in [3.05, 3.63) is 54.1 Å². The van der Waals surface area contributed by atoms with Crippen molar-refractivity contribution in [2.75, 3.05) is 54.9 Å². The minimum absolute atomic E-state index is 0.526. The van der Waals surface area contributed by atoms with E-state index in [-0.39, 0.29) is 0 Å². The predicted octanol–water partition coefficient (Wildman–Crippen LogP) is 3.42. The van der Waals surface area contributed by atoms with Crippen molar-refractivity contribution in [1.82, 2.24) is 4.90 Å². The lowest BCUT2D eigenvalue weighted by Crippen LogP contribution is -2.46. The number of anilines is 2. The van der Waals surface area contributed by atoms with E-state index >= 15 is 0 Å². The Labute approximate surface area is 184 Å². The van der Waals surface area contributed by atoms with E-state index in [2.05, 4.69) is 38.8 Å². The lowest BCUT2D eigenvalue weighted by Gasteiger charge is -2.36. The molecule has 0 bridgehead atoms. The maximum Gasteiger partial charge on any atom is 0.229 e. The molecule has 1 saturated heterocycles. The van der Waals surface area contributed by atoms with Crippen molar-refractivity contribution in [3.63, 3.8) is 0 Å². The third-order valence-electron chi connectivity index (χ3n) is 5.35. The van der Waals surface area contributed by atoms with Crippen molar-refractivity contribution >= 4 is 33.2 Å². The molecule has 1 aliphatic rings. The van der Waals surface area contributed by atoms with E-state index in [0.29, 0.717) is 12.1 Å². The molecule has 1 aliphatic heterocycles. The molecular formula is C22H31N3O3S2. The average molecular weight is 450 g/mol. The van der Waals surface area contributed by atoms with Gasteiger partial charge in [0.15, 0.2) is 0 Å². The van der Waals surface area contributed by atoms with E-state index < -0.39 is 16.1 Å². The third kappa shape index (κ3) is 6.63. The van der Waals surface area contributed by atoms with Crippen molar-refractivity contribution < 1.29 is 13.5 Å². The smallest absolute Gasteiger partial charge is 0.229 e. The number of thioether (sulfide) groups is 1. The van der Waals surface area contributed by atoms with Gasteiger partial charge in [0.2, 0.25) is 10.0 Å². The zero-order valence-electron chi connectivity index (χ0n) is 17.6. The number of rotatable bonds is 9. The summed E-state index contributed by atoms with van der Waals surface area (Å²) in [4.78, 5) is 5.70. The van der Waals surface area contributed by atoms with Crippen molar-refractivity contribution in [2.24, 2.45) is 0 Å². The quantitative estimate of drug-likeness (QED) is 0.572. The summed E-state index contributed by atoms with van der Waals surface area (Å²) >= 11 is 1.47. The Hall–Kier alpha value is -1.74. The van der Waals surface area contributed by atoms with Gasteiger partial charge < -0.3 is 10.0 Å². The van der Waals surface area contributed by atoms with E-state index in [4.69, 9.17) is 0 Å². The number of sulfonamides is 1. The van der Waals surface area contributed by atoms with E-state index in [0.717, 1.165) is 55.9 Å². The highest BCUT2D eigenvalue weighted by Gasteiger charge is 2.18. The Morgan fingerprint density at radius 1 is 1.10 bits per heavy atom. The fourth-order valence-electron chi connectivity index (χ4n) is 3.76. The highest BCUT2D eigenvalue weighted by atomic mass is 32.2. The zero-order valence-corrected chi connectivity index (χ0v) is 19.3. The predicted molar refractivity (Wildman–Crippen MR) is 126 cm³/mol. The van der Waals surface area contributed by atoms with Gasteiger partial charge in [-0.05, 0) is 55.5 Å². The summed E-state index contributed by atoms with van der Waals surface area (Å²) in [6, 6.07) is 16.0. The third-order valence-corrected chi connectivity index (χ3v) is 6.74. The van der Waals surface area contributed by atoms with Crippen LogP contribution in [-0.4, -0.2) is 63.7 Å². The van der Waals surface area contributed by atoms with Crippen LogP contribution >= 0.6 is 11.8 Å². The summed E-state index contributed by atoms with van der Waals surface area (Å²) in [6.45, 7) is 5.04. The van der Waals surface area contributed by atoms with Gasteiger partial charge in [-0.1, -0.05) is 24.3 Å². The Balaban J connectivity index is 1.48. The molecule has 164 valence electrons. The van der Waals surface area contributed by atoms with Crippen LogP contribution in [0.2, 0.25) is 0 Å². The molecule has 1 atom stereocenters. The molecule has 2 aromatic rings. The molecule has 1 fully saturated rings. The maximum atomic E-state index is 11.6. The molecule has 1 heterocycles. The second-order valence-corrected chi connectivity index (χ2v) is 10.3. The van der Waals surface area contributed by atoms with Crippen molar-refractivity contribution in [2.45, 2.75) is 23.8 Å². The van der Waals surface area contributed by atoms with Crippen LogP contribution in [0.5, 0.6) is 0 Å². The van der Waals surface area contributed by atoms with Crippen LogP contribution in [0.15, 0.2) is 53.4 Å². The number of nitrogens with one attached hydrogen (secondary N) is 1. The van der Waals surface area contributed by atoms with Gasteiger partial charge in [0.1, 0.15) is 0 Å². The summed E-state index contributed by atoms with van der Waals surface area (Å²) in [5.41, 5.74) is 2.55. The van der Waals surface area contributed by atoms with E-state index in [1.165, 1.54) is 17.4 Å². The lowest BCUT2D eigenvalue weighted by molar-refractivity contribution is 0.154. The van der Waals surface area contributed by atoms with E-state index in [1.807, 2.05) is 24.5 Å². The van der Waals surface area contributed by atoms with Crippen LogP contribution in [0.1, 0.15) is 24.5 Å². The molecule has 30 heavy (non-hydrogen) atoms. The van der Waals surface area contributed by atoms with Crippen LogP contribution in [0.25, 0.3) is 0 Å². The van der Waals surface area contributed by atoms with Gasteiger partial charge in [-0.2, -0.15) is 0 Å². The maximum absolute atomic E-state index is 11.6. The van der Waals surface area contributed by atoms with E-state index in [1.54, 1.807) is 6.07 Å². The van der Waals surface area contributed by atoms with Crippen LogP contribution < -0.4 is 9.62 Å². The SMILES string of the molecule is CSc1ccc(C(O)CCCN2CCN(c3ccccc3)CC2)cc1NS(C)(=O)=O. The molecule has 3 rings (SSSR count). The number of piperazine rings is 1. The van der Waals surface area contributed by atoms with Gasteiger partial charge in [0.05, 0.1) is 18.0 Å². The molecule has 0 spiro atoms. The highest BCUT2D eigenvalue weighted by molar-refractivity contribution is 7.99. The Morgan fingerprint density at radius 2 is 1.80 bits per heavy atom. The van der Waals surface area contributed by atoms with Gasteiger partial charge in [-0.15, -0.1) is 11.8 Å². The fourth-order valence-corrected chi connectivity index (χ4v) is 4.92. The number of aliphatic hydroxyl groups is 1. The van der Waals surface area contributed by atoms with Gasteiger partial charge in [-0.3, -0.25) is 9.62 Å². The first-order valence-electron chi connectivity index (χ1n) is 10.2. The van der Waals surface area contributed by atoms with Gasteiger partial charge in [0.25, 0.3) is 0 Å². The minimum atomic E-state index is -3.36. The second-order valence-electron chi connectivity index (χ2n) is 7.66. The number of para-hydroxylation sites is 1. The van der Waals surface area contributed by atoms with Gasteiger partial charge in [0, 0.05) is 36.8 Å². The Kier molecular flexibility index (Phi) is 8.05. The minimum Gasteiger partial charge on any atom is -0.388 e. The number of hydrogen-bond acceptors (Lipinski definition) is 6. The monoisotopic (exact) mass is 449 g/mol. The van der Waals surface area contributed by atoms with Crippen molar-refractivity contribution in [3.8, 4) is 0 Å². The van der Waals surface area contributed by atoms with Crippen LogP contribution in [0, 0.1) is 0 Å². The molecule has 0 amide bonds. The second kappa shape index (κ2) is 10.5. The number of benzene rings is 2. The van der Waals surface area contributed by atoms with Gasteiger partial charge >= 0.3 is 0 Å². The Morgan fingerprint density at radius 3 is 2.43 bits per heavy atom. The average Bonchev–Trinajstić information content (AvgIpc) is 2.73. The molecular weight excluding hydrogens is 418 g/mol. The first kappa shape index (κ1) is 22.9. The lowest BCUT2D eigenvalue weighted by atomic mass is 10.0. The summed E-state index contributed by atoms with van der Waals surface area (Å²) in [5, 5.41) is 10.6. The number of nitrogens with zero attached hydrogens (tertiary/aromatic N) is 2. The standard InChI is InChI=1S/C22H31N3O3S2/c1-29-22-11-10-18(17-20(22)23-30(2,27)28)21(26)9-6-12-24-13-15-25(16-14-24)19-7-4-3-5-8-19/h3-5,7-8,10-11,17,21,23,26H,6,9,12-16H2,1-2H3. The molecule has 8 heteroatoms. The highest BCUT2D eigenvalue weighted by Crippen LogP contribution is 2.30. The first-order chi connectivity index (χ1) is 14.4. The summed E-state index contributed by atoms with van der Waals surface area (Å²) in [5.74, 6) is 0. The summed E-state index contributed by atoms with van der Waals surface area (Å²) < 4.78 is 25.8. The zero-order chi connectivity index (χ0) is 21.6. The molecule has 2 N–H and O–H groups in total. The number of aliphatic hydroxyl groups excluding tert-OH is 1. The van der Waals surface area contributed by atoms with Crippen LogP contribution in [-0.2, 0) is 10.0 Å². The summed E-state index contributed by atoms with van der Waals surface area (Å²) in [6.07, 6.45) is 3.97. The van der Waals surface area contributed by atoms with E-state index in [9.17, 15) is 13.5 Å². The van der Waals surface area contributed by atoms with Crippen molar-refractivity contribution in [1.29, 1.82) is 0 Å². The molecule has 6 nitrogen and oxygen atoms in total. The normalized spacial score (nSPS) is 16.4.